The maximum Gasteiger partial charge on any atom is 0.227 e. The molecule has 2 aromatic rings. The van der Waals surface area contributed by atoms with Crippen molar-refractivity contribution in [3.05, 3.63) is 48.5 Å². The summed E-state index contributed by atoms with van der Waals surface area (Å²) >= 11 is 0. The molecule has 1 saturated heterocycles. The molecule has 1 N–H and O–H groups in total. The first kappa shape index (κ1) is 20.5. The van der Waals surface area contributed by atoms with E-state index in [-0.39, 0.29) is 18.2 Å². The third kappa shape index (κ3) is 4.99. The Bertz CT molecular complexity index is 855. The van der Waals surface area contributed by atoms with Gasteiger partial charge in [0.2, 0.25) is 11.8 Å². The highest BCUT2D eigenvalue weighted by molar-refractivity contribution is 6.01. The highest BCUT2D eigenvalue weighted by atomic mass is 16.5. The van der Waals surface area contributed by atoms with Gasteiger partial charge in [0.05, 0.1) is 31.9 Å². The van der Waals surface area contributed by atoms with E-state index in [9.17, 15) is 9.59 Å². The van der Waals surface area contributed by atoms with Gasteiger partial charge in [0.25, 0.3) is 0 Å². The number of nitrogens with zero attached hydrogens (tertiary/aromatic N) is 1. The molecule has 154 valence electrons. The Morgan fingerprint density at radius 1 is 1.07 bits per heavy atom. The minimum atomic E-state index is -0.400. The van der Waals surface area contributed by atoms with Gasteiger partial charge in [-0.3, -0.25) is 9.59 Å². The summed E-state index contributed by atoms with van der Waals surface area (Å²) in [6.45, 7) is 3.39. The number of carbonyl (C=O) groups is 2. The Kier molecular flexibility index (Phi) is 6.94. The molecule has 1 fully saturated rings. The lowest BCUT2D eigenvalue weighted by Gasteiger charge is -2.20. The topological polar surface area (TPSA) is 77.1 Å². The Morgan fingerprint density at radius 3 is 2.48 bits per heavy atom. The molecular formula is C22H26N2O5. The van der Waals surface area contributed by atoms with E-state index in [1.807, 2.05) is 55.5 Å². The normalized spacial score (nSPS) is 15.9. The summed E-state index contributed by atoms with van der Waals surface area (Å²) in [7, 11) is 1.58. The second kappa shape index (κ2) is 9.82. The van der Waals surface area contributed by atoms with Gasteiger partial charge >= 0.3 is 0 Å². The quantitative estimate of drug-likeness (QED) is 0.657. The summed E-state index contributed by atoms with van der Waals surface area (Å²) in [5, 5.41) is 2.85. The van der Waals surface area contributed by atoms with E-state index in [1.54, 1.807) is 12.0 Å². The molecule has 3 rings (SSSR count). The first-order valence-electron chi connectivity index (χ1n) is 9.69. The molecule has 29 heavy (non-hydrogen) atoms. The number of anilines is 1. The fourth-order valence-electron chi connectivity index (χ4n) is 3.29. The van der Waals surface area contributed by atoms with Crippen molar-refractivity contribution in [2.24, 2.45) is 5.92 Å². The Labute approximate surface area is 170 Å². The van der Waals surface area contributed by atoms with Crippen molar-refractivity contribution >= 4 is 17.5 Å². The second-order valence-electron chi connectivity index (χ2n) is 6.60. The number of carbonyl (C=O) groups excluding carboxylic acids is 2. The third-order valence-electron chi connectivity index (χ3n) is 4.68. The van der Waals surface area contributed by atoms with E-state index >= 15 is 0 Å². The molecular weight excluding hydrogens is 372 g/mol. The summed E-state index contributed by atoms with van der Waals surface area (Å²) in [4.78, 5) is 26.6. The van der Waals surface area contributed by atoms with E-state index < -0.39 is 5.92 Å². The van der Waals surface area contributed by atoms with Crippen LogP contribution in [-0.2, 0) is 9.59 Å². The largest absolute Gasteiger partial charge is 0.493 e. The van der Waals surface area contributed by atoms with E-state index in [4.69, 9.17) is 14.2 Å². The number of benzene rings is 2. The maximum atomic E-state index is 12.5. The van der Waals surface area contributed by atoms with Gasteiger partial charge < -0.3 is 24.4 Å². The molecule has 0 radical (unpaired) electrons. The number of amides is 2. The molecule has 7 heteroatoms. The molecule has 2 amide bonds. The van der Waals surface area contributed by atoms with Gasteiger partial charge in [-0.05, 0) is 31.2 Å². The van der Waals surface area contributed by atoms with Crippen LogP contribution in [0.1, 0.15) is 13.3 Å². The summed E-state index contributed by atoms with van der Waals surface area (Å²) in [5.41, 5.74) is 0.703. The lowest BCUT2D eigenvalue weighted by Crippen LogP contribution is -2.35. The molecule has 1 heterocycles. The fraction of sp³-hybridized carbons (Fsp3) is 0.364. The van der Waals surface area contributed by atoms with Crippen molar-refractivity contribution in [1.82, 2.24) is 5.32 Å². The van der Waals surface area contributed by atoms with Gasteiger partial charge in [-0.15, -0.1) is 0 Å². The summed E-state index contributed by atoms with van der Waals surface area (Å²) < 4.78 is 16.5. The number of hydrogen-bond donors (Lipinski definition) is 1. The SMILES string of the molecule is CCOc1ccccc1N1C[C@H](C(=O)NCCOc2ccccc2OC)CC1=O. The highest BCUT2D eigenvalue weighted by Gasteiger charge is 2.36. The molecule has 1 aliphatic heterocycles. The van der Waals surface area contributed by atoms with Crippen molar-refractivity contribution in [3.8, 4) is 17.2 Å². The summed E-state index contributed by atoms with van der Waals surface area (Å²) in [6.07, 6.45) is 0.180. The van der Waals surface area contributed by atoms with Crippen LogP contribution in [0.3, 0.4) is 0 Å². The highest BCUT2D eigenvalue weighted by Crippen LogP contribution is 2.33. The van der Waals surface area contributed by atoms with E-state index in [0.29, 0.717) is 49.2 Å². The van der Waals surface area contributed by atoms with Crippen LogP contribution in [0.2, 0.25) is 0 Å². The molecule has 0 aliphatic carbocycles. The van der Waals surface area contributed by atoms with Gasteiger partial charge in [-0.2, -0.15) is 0 Å². The molecule has 0 saturated carbocycles. The van der Waals surface area contributed by atoms with E-state index in [1.165, 1.54) is 0 Å². The number of rotatable bonds is 9. The summed E-state index contributed by atoms with van der Waals surface area (Å²) in [5.74, 6) is 1.28. The average Bonchev–Trinajstić information content (AvgIpc) is 3.13. The van der Waals surface area contributed by atoms with Crippen LogP contribution in [0.4, 0.5) is 5.69 Å². The van der Waals surface area contributed by atoms with Crippen LogP contribution in [0.15, 0.2) is 48.5 Å². The second-order valence-corrected chi connectivity index (χ2v) is 6.60. The smallest absolute Gasteiger partial charge is 0.227 e. The zero-order chi connectivity index (χ0) is 20.6. The van der Waals surface area contributed by atoms with Crippen molar-refractivity contribution < 1.29 is 23.8 Å². The van der Waals surface area contributed by atoms with Crippen LogP contribution >= 0.6 is 0 Å². The van der Waals surface area contributed by atoms with Crippen LogP contribution in [0, 0.1) is 5.92 Å². The van der Waals surface area contributed by atoms with Crippen molar-refractivity contribution in [3.63, 3.8) is 0 Å². The predicted molar refractivity (Wildman–Crippen MR) is 110 cm³/mol. The first-order valence-corrected chi connectivity index (χ1v) is 9.69. The number of para-hydroxylation sites is 4. The molecule has 1 atom stereocenters. The number of ether oxygens (including phenoxy) is 3. The van der Waals surface area contributed by atoms with Crippen molar-refractivity contribution in [1.29, 1.82) is 0 Å². The van der Waals surface area contributed by atoms with Gasteiger partial charge in [-0.25, -0.2) is 0 Å². The molecule has 7 nitrogen and oxygen atoms in total. The van der Waals surface area contributed by atoms with Crippen molar-refractivity contribution in [2.75, 3.05) is 38.3 Å². The van der Waals surface area contributed by atoms with Gasteiger partial charge in [0.1, 0.15) is 12.4 Å². The lowest BCUT2D eigenvalue weighted by atomic mass is 10.1. The van der Waals surface area contributed by atoms with E-state index in [0.717, 1.165) is 0 Å². The molecule has 0 bridgehead atoms. The minimum absolute atomic E-state index is 0.0809. The van der Waals surface area contributed by atoms with Crippen LogP contribution in [0.5, 0.6) is 17.2 Å². The molecule has 2 aromatic carbocycles. The Hall–Kier alpha value is -3.22. The van der Waals surface area contributed by atoms with Crippen molar-refractivity contribution in [2.45, 2.75) is 13.3 Å². The molecule has 0 unspecified atom stereocenters. The number of hydrogen-bond acceptors (Lipinski definition) is 5. The summed E-state index contributed by atoms with van der Waals surface area (Å²) in [6, 6.07) is 14.7. The molecule has 1 aliphatic rings. The Morgan fingerprint density at radius 2 is 1.76 bits per heavy atom. The van der Waals surface area contributed by atoms with Gasteiger partial charge in [0, 0.05) is 13.0 Å². The molecule has 0 spiro atoms. The Balaban J connectivity index is 1.52. The number of methoxy groups -OCH3 is 1. The molecule has 0 aromatic heterocycles. The zero-order valence-corrected chi connectivity index (χ0v) is 16.7. The standard InChI is InChI=1S/C22H26N2O5/c1-3-28-18-9-5-4-8-17(18)24-15-16(14-21(24)25)22(26)23-12-13-29-20-11-7-6-10-19(20)27-2/h4-11,16H,3,12-15H2,1-2H3,(H,23,26)/t16-/m1/s1. The lowest BCUT2D eigenvalue weighted by molar-refractivity contribution is -0.126. The van der Waals surface area contributed by atoms with Crippen LogP contribution < -0.4 is 24.4 Å². The van der Waals surface area contributed by atoms with Crippen LogP contribution in [0.25, 0.3) is 0 Å². The average molecular weight is 398 g/mol. The zero-order valence-electron chi connectivity index (χ0n) is 16.7. The minimum Gasteiger partial charge on any atom is -0.493 e. The predicted octanol–water partition coefficient (Wildman–Crippen LogP) is 2.64. The van der Waals surface area contributed by atoms with Gasteiger partial charge in [-0.1, -0.05) is 24.3 Å². The maximum absolute atomic E-state index is 12.5. The first-order chi connectivity index (χ1) is 14.1. The van der Waals surface area contributed by atoms with E-state index in [2.05, 4.69) is 5.32 Å². The number of nitrogens with one attached hydrogen (secondary N) is 1. The van der Waals surface area contributed by atoms with Gasteiger partial charge in [0.15, 0.2) is 11.5 Å². The fourth-order valence-corrected chi connectivity index (χ4v) is 3.29. The van der Waals surface area contributed by atoms with Crippen LogP contribution in [-0.4, -0.2) is 45.2 Å². The monoisotopic (exact) mass is 398 g/mol. The third-order valence-corrected chi connectivity index (χ3v) is 4.68.